The van der Waals surface area contributed by atoms with Crippen LogP contribution in [0.5, 0.6) is 11.5 Å². The number of halogens is 4. The smallest absolute Gasteiger partial charge is 0.337 e. The number of ether oxygens (including phenoxy) is 16. The molecule has 442 valence electrons. The van der Waals surface area contributed by atoms with Crippen molar-refractivity contribution in [2.45, 2.75) is 37.1 Å². The Bertz CT molecular complexity index is 1900. The zero-order chi connectivity index (χ0) is 55.9. The molecule has 1 saturated heterocycles. The number of hydrogen-bond donors (Lipinski definition) is 6. The number of esters is 1. The number of rotatable bonds is 47. The number of carbonyl (C=O) groups is 2. The van der Waals surface area contributed by atoms with Gasteiger partial charge in [0.15, 0.2) is 11.6 Å². The molecule has 25 nitrogen and oxygen atoms in total. The third-order valence-corrected chi connectivity index (χ3v) is 10.8. The van der Waals surface area contributed by atoms with Crippen LogP contribution in [-0.4, -0.2) is 246 Å². The van der Waals surface area contributed by atoms with Crippen molar-refractivity contribution in [2.75, 3.05) is 183 Å². The van der Waals surface area contributed by atoms with E-state index >= 15 is 0 Å². The number of hydrogen-bond acceptors (Lipinski definition) is 22. The number of benzene rings is 2. The minimum Gasteiger partial charge on any atom is -0.462 e. The molecule has 0 spiro atoms. The number of nitrogens with one attached hydrogen (secondary N) is 1. The highest BCUT2D eigenvalue weighted by Crippen LogP contribution is 2.37. The molecule has 0 unspecified atom stereocenters. The molecular formula is C47H72F4NO24P. The highest BCUT2D eigenvalue weighted by Gasteiger charge is 2.45. The van der Waals surface area contributed by atoms with E-state index < -0.39 is 92.0 Å². The van der Waals surface area contributed by atoms with Crippen molar-refractivity contribution in [3.8, 4) is 11.5 Å². The van der Waals surface area contributed by atoms with E-state index in [1.165, 1.54) is 24.3 Å². The van der Waals surface area contributed by atoms with Crippen LogP contribution < -0.4 is 14.8 Å². The summed E-state index contributed by atoms with van der Waals surface area (Å²) in [4.78, 5) is 42.2. The van der Waals surface area contributed by atoms with Crippen molar-refractivity contribution in [3.63, 3.8) is 0 Å². The molecule has 2 aromatic rings. The lowest BCUT2D eigenvalue weighted by atomic mass is 9.97. The summed E-state index contributed by atoms with van der Waals surface area (Å²) in [5, 5.41) is 33.2. The van der Waals surface area contributed by atoms with E-state index in [1.54, 1.807) is 0 Å². The Labute approximate surface area is 442 Å². The zero-order valence-electron chi connectivity index (χ0n) is 42.5. The molecule has 1 aliphatic rings. The Morgan fingerprint density at radius 1 is 0.506 bits per heavy atom. The van der Waals surface area contributed by atoms with Crippen LogP contribution in [-0.2, 0) is 80.5 Å². The van der Waals surface area contributed by atoms with Gasteiger partial charge >= 0.3 is 13.6 Å². The van der Waals surface area contributed by atoms with Crippen molar-refractivity contribution in [1.29, 1.82) is 0 Å². The number of amides is 1. The summed E-state index contributed by atoms with van der Waals surface area (Å²) < 4.78 is 150. The Hall–Kier alpha value is -3.63. The maximum Gasteiger partial charge on any atom is 0.337 e. The second kappa shape index (κ2) is 41.4. The SMILES string of the molecule is O=C(COCCOCCOCCOCCOCCOCCOCCOCCOCCOCCOCCOCCOCC(=O)Oc1c(F)c(F)cc(F)c1F)Nc1ccc(O[C@H]2O[C@H](CCP(=O)(O)O)[C@@H](O)[C@H](O)[C@@H]2O)cc1. The zero-order valence-corrected chi connectivity index (χ0v) is 43.4. The van der Waals surface area contributed by atoms with Crippen molar-refractivity contribution in [2.24, 2.45) is 0 Å². The first-order chi connectivity index (χ1) is 37.2. The molecule has 6 N–H and O–H groups in total. The lowest BCUT2D eigenvalue weighted by Gasteiger charge is -2.40. The van der Waals surface area contributed by atoms with Gasteiger partial charge in [0.25, 0.3) is 0 Å². The molecule has 30 heteroatoms. The molecular weight excluding hydrogens is 1070 g/mol. The third-order valence-electron chi connectivity index (χ3n) is 9.97. The van der Waals surface area contributed by atoms with Gasteiger partial charge < -0.3 is 106 Å². The Morgan fingerprint density at radius 2 is 0.857 bits per heavy atom. The number of aliphatic hydroxyl groups excluding tert-OH is 3. The quantitative estimate of drug-likeness (QED) is 0.0133. The van der Waals surface area contributed by atoms with Crippen molar-refractivity contribution in [1.82, 2.24) is 0 Å². The topological polar surface area (TPSA) is 312 Å². The first-order valence-corrected chi connectivity index (χ1v) is 26.3. The average molecular weight is 1140 g/mol. The molecule has 2 aromatic carbocycles. The van der Waals surface area contributed by atoms with Gasteiger partial charge in [0.05, 0.1) is 171 Å². The number of carbonyl (C=O) groups excluding carboxylic acids is 2. The van der Waals surface area contributed by atoms with Crippen LogP contribution in [0.25, 0.3) is 0 Å². The second-order valence-corrected chi connectivity index (χ2v) is 17.8. The fourth-order valence-electron chi connectivity index (χ4n) is 6.14. The van der Waals surface area contributed by atoms with E-state index in [4.69, 9.17) is 80.8 Å². The van der Waals surface area contributed by atoms with Crippen LogP contribution in [0.2, 0.25) is 0 Å². The highest BCUT2D eigenvalue weighted by atomic mass is 31.2. The van der Waals surface area contributed by atoms with E-state index in [1.807, 2.05) is 0 Å². The largest absolute Gasteiger partial charge is 0.462 e. The minimum absolute atomic E-state index is 0.00388. The molecule has 0 aromatic heterocycles. The van der Waals surface area contributed by atoms with Gasteiger partial charge in [-0.25, -0.2) is 13.6 Å². The first-order valence-electron chi connectivity index (χ1n) is 24.5. The van der Waals surface area contributed by atoms with Gasteiger partial charge in [-0.2, -0.15) is 8.78 Å². The molecule has 3 rings (SSSR count). The molecule has 1 fully saturated rings. The van der Waals surface area contributed by atoms with E-state index in [9.17, 15) is 47.0 Å². The molecule has 0 aliphatic carbocycles. The van der Waals surface area contributed by atoms with Crippen LogP contribution in [0.3, 0.4) is 0 Å². The van der Waals surface area contributed by atoms with Crippen molar-refractivity contribution < 1.29 is 133 Å². The Kier molecular flexibility index (Phi) is 36.4. The summed E-state index contributed by atoms with van der Waals surface area (Å²) >= 11 is 0. The van der Waals surface area contributed by atoms with E-state index in [2.05, 4.69) is 10.1 Å². The number of aliphatic hydroxyl groups is 3. The standard InChI is InChI=1S/C47H72F4NO24P/c48-36-31-37(49)42(51)46(41(36)50)76-40(54)33-73-29-27-71-25-23-69-21-19-67-17-15-65-13-11-63-9-7-61-6-8-62-10-12-64-14-16-66-18-20-68-22-24-70-26-28-72-32-39(53)52-34-1-3-35(4-2-34)74-47-45(57)44(56)43(55)38(75-47)5-30-77(58,59)60/h1-4,31,38,43-45,47,55-57H,5-30,32-33H2,(H,52,53)(H2,58,59,60)/t38-,43-,44+,45+,47+/m1/s1. The van der Waals surface area contributed by atoms with Gasteiger partial charge in [-0.1, -0.05) is 0 Å². The van der Waals surface area contributed by atoms with E-state index in [0.29, 0.717) is 125 Å². The van der Waals surface area contributed by atoms with Gasteiger partial charge in [-0.3, -0.25) is 9.36 Å². The molecule has 0 radical (unpaired) electrons. The second-order valence-electron chi connectivity index (χ2n) is 16.0. The van der Waals surface area contributed by atoms with Crippen LogP contribution >= 0.6 is 7.60 Å². The molecule has 1 heterocycles. The summed E-state index contributed by atoms with van der Waals surface area (Å²) in [5.41, 5.74) is 0.416. The predicted molar refractivity (Wildman–Crippen MR) is 256 cm³/mol. The van der Waals surface area contributed by atoms with Gasteiger partial charge in [0.1, 0.15) is 37.3 Å². The molecule has 77 heavy (non-hydrogen) atoms. The van der Waals surface area contributed by atoms with Crippen molar-refractivity contribution in [3.05, 3.63) is 53.6 Å². The highest BCUT2D eigenvalue weighted by molar-refractivity contribution is 7.51. The molecule has 5 atom stereocenters. The Morgan fingerprint density at radius 3 is 1.22 bits per heavy atom. The fourth-order valence-corrected chi connectivity index (χ4v) is 6.73. The average Bonchev–Trinajstić information content (AvgIpc) is 3.40. The minimum atomic E-state index is -4.39. The van der Waals surface area contributed by atoms with Crippen molar-refractivity contribution >= 4 is 25.2 Å². The van der Waals surface area contributed by atoms with E-state index in [-0.39, 0.29) is 64.5 Å². The summed E-state index contributed by atoms with van der Waals surface area (Å²) in [6, 6.07) is 5.96. The maximum atomic E-state index is 13.6. The van der Waals surface area contributed by atoms with Gasteiger partial charge in [-0.15, -0.1) is 0 Å². The number of anilines is 1. The van der Waals surface area contributed by atoms with Crippen LogP contribution in [0.1, 0.15) is 6.42 Å². The van der Waals surface area contributed by atoms with Crippen LogP contribution in [0.4, 0.5) is 23.2 Å². The van der Waals surface area contributed by atoms with Gasteiger partial charge in [-0.05, 0) is 30.7 Å². The molecule has 0 saturated carbocycles. The summed E-state index contributed by atoms with van der Waals surface area (Å²) in [5.74, 6) is -10.0. The summed E-state index contributed by atoms with van der Waals surface area (Å²) in [7, 11) is -4.39. The lowest BCUT2D eigenvalue weighted by Crippen LogP contribution is -2.59. The summed E-state index contributed by atoms with van der Waals surface area (Å²) in [6.07, 6.45) is -8.39. The van der Waals surface area contributed by atoms with Crippen LogP contribution in [0, 0.1) is 23.3 Å². The maximum absolute atomic E-state index is 13.6. The van der Waals surface area contributed by atoms with Gasteiger partial charge in [0.2, 0.25) is 29.6 Å². The molecule has 1 aliphatic heterocycles. The van der Waals surface area contributed by atoms with Gasteiger partial charge in [0, 0.05) is 11.8 Å². The van der Waals surface area contributed by atoms with E-state index in [0.717, 1.165) is 0 Å². The monoisotopic (exact) mass is 1140 g/mol. The molecule has 1 amide bonds. The van der Waals surface area contributed by atoms with Crippen LogP contribution in [0.15, 0.2) is 30.3 Å². The normalized spacial score (nSPS) is 17.7. The molecule has 0 bridgehead atoms. The lowest BCUT2D eigenvalue weighted by molar-refractivity contribution is -0.272. The summed E-state index contributed by atoms with van der Waals surface area (Å²) in [6.45, 7) is 6.90. The first kappa shape index (κ1) is 67.6. The Balaban J connectivity index is 0.957. The third kappa shape index (κ3) is 31.7. The predicted octanol–water partition coefficient (Wildman–Crippen LogP) is 0.757. The fraction of sp³-hybridized carbons (Fsp3) is 0.702.